The minimum Gasteiger partial charge on any atom is -0.496 e. The number of fused-ring (bicyclic) bond motifs is 1. The van der Waals surface area contributed by atoms with Crippen molar-refractivity contribution < 1.29 is 4.74 Å². The number of nitrogens with zero attached hydrogens (tertiary/aromatic N) is 2. The molecule has 0 saturated heterocycles. The maximum absolute atomic E-state index is 5.68. The molecule has 0 amide bonds. The van der Waals surface area contributed by atoms with E-state index < -0.39 is 0 Å². The predicted molar refractivity (Wildman–Crippen MR) is 120 cm³/mol. The van der Waals surface area contributed by atoms with Gasteiger partial charge >= 0.3 is 0 Å². The summed E-state index contributed by atoms with van der Waals surface area (Å²) in [5.41, 5.74) is 6.01. The van der Waals surface area contributed by atoms with Crippen LogP contribution in [0.2, 0.25) is 0 Å². The summed E-state index contributed by atoms with van der Waals surface area (Å²) in [6.45, 7) is 9.02. The Morgan fingerprint density at radius 2 is 2.00 bits per heavy atom. The van der Waals surface area contributed by atoms with E-state index in [-0.39, 0.29) is 5.54 Å². The predicted octanol–water partition coefficient (Wildman–Crippen LogP) is 6.08. The largest absolute Gasteiger partial charge is 0.496 e. The zero-order valence-corrected chi connectivity index (χ0v) is 18.6. The maximum Gasteiger partial charge on any atom is 0.129 e. The standard InChI is InChI=1S/C22H27IN2O/c1-14-9-17(7-8-19(14)23)24-13-16-10-18-15(2)12-22(3,4)25(5)20(18)11-21(16)26-6/h7-11,13,15H,12H2,1-6H3. The summed E-state index contributed by atoms with van der Waals surface area (Å²) < 4.78 is 6.93. The zero-order chi connectivity index (χ0) is 19.1. The van der Waals surface area contributed by atoms with E-state index in [4.69, 9.17) is 4.74 Å². The fraction of sp³-hybridized carbons (Fsp3) is 0.409. The van der Waals surface area contributed by atoms with Crippen LogP contribution in [0.1, 0.15) is 49.8 Å². The first-order valence-electron chi connectivity index (χ1n) is 8.99. The molecule has 3 rings (SSSR count). The summed E-state index contributed by atoms with van der Waals surface area (Å²) in [6.07, 6.45) is 3.06. The van der Waals surface area contributed by atoms with Gasteiger partial charge in [-0.2, -0.15) is 0 Å². The highest BCUT2D eigenvalue weighted by Gasteiger charge is 2.34. The van der Waals surface area contributed by atoms with E-state index in [0.717, 1.165) is 23.4 Å². The lowest BCUT2D eigenvalue weighted by Gasteiger charge is -2.45. The molecule has 4 heteroatoms. The van der Waals surface area contributed by atoms with Crippen LogP contribution >= 0.6 is 22.6 Å². The molecular weight excluding hydrogens is 435 g/mol. The molecule has 0 bridgehead atoms. The second kappa shape index (κ2) is 7.22. The van der Waals surface area contributed by atoms with Crippen molar-refractivity contribution in [2.75, 3.05) is 19.1 Å². The number of anilines is 1. The van der Waals surface area contributed by atoms with Crippen LogP contribution in [0.3, 0.4) is 0 Å². The van der Waals surface area contributed by atoms with Crippen molar-refractivity contribution in [1.82, 2.24) is 0 Å². The number of methoxy groups -OCH3 is 1. The Balaban J connectivity index is 2.02. The summed E-state index contributed by atoms with van der Waals surface area (Å²) >= 11 is 2.35. The van der Waals surface area contributed by atoms with Crippen LogP contribution in [-0.2, 0) is 0 Å². The molecule has 0 aromatic heterocycles. The SMILES string of the molecule is COc1cc2c(cc1C=Nc1ccc(I)c(C)c1)C(C)CC(C)(C)N2C. The number of ether oxygens (including phenoxy) is 1. The van der Waals surface area contributed by atoms with Gasteiger partial charge in [-0.15, -0.1) is 0 Å². The Kier molecular flexibility index (Phi) is 5.33. The number of hydrogen-bond acceptors (Lipinski definition) is 3. The molecule has 0 spiro atoms. The number of aryl methyl sites for hydroxylation is 1. The third kappa shape index (κ3) is 3.61. The van der Waals surface area contributed by atoms with Gasteiger partial charge in [0.1, 0.15) is 5.75 Å². The Morgan fingerprint density at radius 3 is 2.65 bits per heavy atom. The summed E-state index contributed by atoms with van der Waals surface area (Å²) in [4.78, 5) is 7.06. The van der Waals surface area contributed by atoms with Gasteiger partial charge in [0, 0.05) is 39.7 Å². The molecule has 1 unspecified atom stereocenters. The monoisotopic (exact) mass is 462 g/mol. The number of aliphatic imine (C=N–C) groups is 1. The molecule has 3 nitrogen and oxygen atoms in total. The highest BCUT2D eigenvalue weighted by atomic mass is 127. The molecule has 1 aliphatic heterocycles. The van der Waals surface area contributed by atoms with Gasteiger partial charge in [0.25, 0.3) is 0 Å². The minimum atomic E-state index is 0.145. The molecule has 138 valence electrons. The zero-order valence-electron chi connectivity index (χ0n) is 16.4. The van der Waals surface area contributed by atoms with Crippen molar-refractivity contribution in [3.63, 3.8) is 0 Å². The fourth-order valence-electron chi connectivity index (χ4n) is 3.74. The lowest BCUT2D eigenvalue weighted by atomic mass is 9.80. The van der Waals surface area contributed by atoms with Crippen molar-refractivity contribution >= 4 is 40.2 Å². The fourth-order valence-corrected chi connectivity index (χ4v) is 4.08. The number of rotatable bonds is 3. The van der Waals surface area contributed by atoms with Gasteiger partial charge in [-0.25, -0.2) is 0 Å². The van der Waals surface area contributed by atoms with Crippen molar-refractivity contribution in [3.05, 3.63) is 50.6 Å². The number of benzene rings is 2. The quantitative estimate of drug-likeness (QED) is 0.408. The topological polar surface area (TPSA) is 24.8 Å². The number of halogens is 1. The highest BCUT2D eigenvalue weighted by Crippen LogP contribution is 2.44. The third-order valence-electron chi connectivity index (χ3n) is 5.48. The van der Waals surface area contributed by atoms with E-state index in [1.165, 1.54) is 20.4 Å². The van der Waals surface area contributed by atoms with Crippen LogP contribution in [0.5, 0.6) is 5.75 Å². The summed E-state index contributed by atoms with van der Waals surface area (Å²) in [5, 5.41) is 0. The van der Waals surface area contributed by atoms with E-state index in [1.54, 1.807) is 7.11 Å². The highest BCUT2D eigenvalue weighted by molar-refractivity contribution is 14.1. The molecule has 0 radical (unpaired) electrons. The average molecular weight is 462 g/mol. The molecule has 1 heterocycles. The summed E-state index contributed by atoms with van der Waals surface area (Å²) in [5.74, 6) is 1.38. The van der Waals surface area contributed by atoms with Gasteiger partial charge < -0.3 is 9.64 Å². The van der Waals surface area contributed by atoms with Crippen molar-refractivity contribution in [3.8, 4) is 5.75 Å². The normalized spacial score (nSPS) is 18.9. The van der Waals surface area contributed by atoms with Gasteiger partial charge in [-0.05, 0) is 91.1 Å². The van der Waals surface area contributed by atoms with Crippen LogP contribution in [0, 0.1) is 10.5 Å². The van der Waals surface area contributed by atoms with Gasteiger partial charge in [0.05, 0.1) is 12.8 Å². The van der Waals surface area contributed by atoms with E-state index >= 15 is 0 Å². The third-order valence-corrected chi connectivity index (χ3v) is 6.69. The van der Waals surface area contributed by atoms with Crippen molar-refractivity contribution in [2.45, 2.75) is 45.6 Å². The lowest BCUT2D eigenvalue weighted by molar-refractivity contribution is 0.389. The van der Waals surface area contributed by atoms with Crippen LogP contribution < -0.4 is 9.64 Å². The van der Waals surface area contributed by atoms with Gasteiger partial charge in [0.15, 0.2) is 0 Å². The van der Waals surface area contributed by atoms with Crippen molar-refractivity contribution in [2.24, 2.45) is 4.99 Å². The smallest absolute Gasteiger partial charge is 0.129 e. The molecule has 2 aromatic rings. The molecule has 26 heavy (non-hydrogen) atoms. The lowest BCUT2D eigenvalue weighted by Crippen LogP contribution is -2.45. The molecule has 0 fully saturated rings. The van der Waals surface area contributed by atoms with Gasteiger partial charge in [-0.3, -0.25) is 4.99 Å². The molecule has 0 N–H and O–H groups in total. The second-order valence-electron chi connectivity index (χ2n) is 7.82. The first kappa shape index (κ1) is 19.2. The van der Waals surface area contributed by atoms with E-state index in [1.807, 2.05) is 6.21 Å². The molecular formula is C22H27IN2O. The first-order chi connectivity index (χ1) is 12.2. The van der Waals surface area contributed by atoms with Gasteiger partial charge in [0.2, 0.25) is 0 Å². The molecule has 0 aliphatic carbocycles. The molecule has 1 atom stereocenters. The second-order valence-corrected chi connectivity index (χ2v) is 8.98. The summed E-state index contributed by atoms with van der Waals surface area (Å²) in [7, 11) is 3.90. The Labute approximate surface area is 170 Å². The van der Waals surface area contributed by atoms with Crippen LogP contribution in [-0.4, -0.2) is 25.9 Å². The molecule has 0 saturated carbocycles. The maximum atomic E-state index is 5.68. The molecule has 2 aromatic carbocycles. The van der Waals surface area contributed by atoms with E-state index in [0.29, 0.717) is 5.92 Å². The number of hydrogen-bond donors (Lipinski definition) is 0. The van der Waals surface area contributed by atoms with Crippen LogP contribution in [0.15, 0.2) is 35.3 Å². The average Bonchev–Trinajstić information content (AvgIpc) is 2.60. The Morgan fingerprint density at radius 1 is 1.27 bits per heavy atom. The van der Waals surface area contributed by atoms with Crippen molar-refractivity contribution in [1.29, 1.82) is 0 Å². The first-order valence-corrected chi connectivity index (χ1v) is 10.1. The van der Waals surface area contributed by atoms with Gasteiger partial charge in [-0.1, -0.05) is 6.92 Å². The van der Waals surface area contributed by atoms with E-state index in [2.05, 4.69) is 97.6 Å². The van der Waals surface area contributed by atoms with Crippen LogP contribution in [0.4, 0.5) is 11.4 Å². The molecule has 1 aliphatic rings. The minimum absolute atomic E-state index is 0.145. The Bertz CT molecular complexity index is 857. The van der Waals surface area contributed by atoms with Crippen LogP contribution in [0.25, 0.3) is 0 Å². The summed E-state index contributed by atoms with van der Waals surface area (Å²) in [6, 6.07) is 10.7. The van der Waals surface area contributed by atoms with E-state index in [9.17, 15) is 0 Å². The Hall–Kier alpha value is -1.56.